The summed E-state index contributed by atoms with van der Waals surface area (Å²) in [5.74, 6) is -16.7. The van der Waals surface area contributed by atoms with Crippen molar-refractivity contribution in [3.8, 4) is 5.75 Å². The minimum absolute atomic E-state index is 0.118. The lowest BCUT2D eigenvalue weighted by molar-refractivity contribution is 0.410. The molecule has 232 valence electrons. The number of benzene rings is 4. The van der Waals surface area contributed by atoms with Gasteiger partial charge in [-0.25, -0.2) is 30.7 Å². The molecule has 0 aliphatic carbocycles. The van der Waals surface area contributed by atoms with Crippen LogP contribution < -0.4 is 4.43 Å². The topological polar surface area (TPSA) is 9.23 Å². The second-order valence-corrected chi connectivity index (χ2v) is 21.6. The summed E-state index contributed by atoms with van der Waals surface area (Å²) in [5.41, 5.74) is 0.583. The van der Waals surface area contributed by atoms with E-state index in [1.54, 1.807) is 0 Å². The molecule has 1 atom stereocenters. The highest BCUT2D eigenvalue weighted by molar-refractivity contribution is 6.83. The van der Waals surface area contributed by atoms with Crippen molar-refractivity contribution in [2.45, 2.75) is 76.4 Å². The monoisotopic (exact) mass is 642 g/mol. The van der Waals surface area contributed by atoms with E-state index in [9.17, 15) is 13.2 Å². The molecular weight excluding hydrogens is 609 g/mol. The molecule has 4 aromatic rings. The summed E-state index contributed by atoms with van der Waals surface area (Å²) in [5, 5.41) is -5.52. The maximum Gasteiger partial charge on any atom is 0.258 e. The molecule has 0 N–H and O–H groups in total. The van der Waals surface area contributed by atoms with Gasteiger partial charge < -0.3 is 4.43 Å². The molecule has 0 spiro atoms. The molecule has 0 aliphatic rings. The fourth-order valence-electron chi connectivity index (χ4n) is 6.07. The molecule has 1 unspecified atom stereocenters. The summed E-state index contributed by atoms with van der Waals surface area (Å²) in [6, 6.07) is 13.8. The predicted molar refractivity (Wildman–Crippen MR) is 160 cm³/mol. The van der Waals surface area contributed by atoms with Crippen molar-refractivity contribution < 1.29 is 39.5 Å². The Balaban J connectivity index is 2.00. The summed E-state index contributed by atoms with van der Waals surface area (Å²) >= 11 is 0. The van der Waals surface area contributed by atoms with Crippen molar-refractivity contribution in [3.05, 3.63) is 88.5 Å². The second kappa shape index (κ2) is 12.6. The molecule has 0 amide bonds. The van der Waals surface area contributed by atoms with Gasteiger partial charge in [0.2, 0.25) is 5.82 Å². The molecule has 0 heterocycles. The predicted octanol–water partition coefficient (Wildman–Crippen LogP) is 11.1. The first-order valence-corrected chi connectivity index (χ1v) is 19.7. The number of hydrogen-bond donors (Lipinski definition) is 0. The quantitative estimate of drug-likeness (QED) is 0.0520. The first-order valence-electron chi connectivity index (χ1n) is 14.4. The molecule has 0 bridgehead atoms. The second-order valence-electron chi connectivity index (χ2n) is 11.6. The third kappa shape index (κ3) is 5.70. The molecule has 43 heavy (non-hydrogen) atoms. The van der Waals surface area contributed by atoms with Crippen molar-refractivity contribution in [1.29, 1.82) is 0 Å². The Bertz CT molecular complexity index is 1650. The zero-order chi connectivity index (χ0) is 31.9. The summed E-state index contributed by atoms with van der Waals surface area (Å²) < 4.78 is 127. The Kier molecular flexibility index (Phi) is 9.66. The lowest BCUT2D eigenvalue weighted by Crippen LogP contribution is -2.50. The van der Waals surface area contributed by atoms with Crippen LogP contribution in [0.15, 0.2) is 36.4 Å². The van der Waals surface area contributed by atoms with Crippen molar-refractivity contribution in [3.63, 3.8) is 0 Å². The molecule has 0 saturated carbocycles. The van der Waals surface area contributed by atoms with Crippen molar-refractivity contribution in [2.75, 3.05) is 0 Å². The van der Waals surface area contributed by atoms with Crippen LogP contribution in [0.5, 0.6) is 5.75 Å². The number of hydrogen-bond acceptors (Lipinski definition) is 1. The van der Waals surface area contributed by atoms with Crippen LogP contribution in [0, 0.1) is 46.5 Å². The highest BCUT2D eigenvalue weighted by atomic mass is 28.4. The minimum Gasteiger partial charge on any atom is -0.539 e. The van der Waals surface area contributed by atoms with Gasteiger partial charge in [-0.2, -0.15) is 4.39 Å². The Morgan fingerprint density at radius 1 is 0.628 bits per heavy atom. The van der Waals surface area contributed by atoms with Gasteiger partial charge in [0.1, 0.15) is 11.6 Å². The third-order valence-electron chi connectivity index (χ3n) is 9.37. The third-order valence-corrected chi connectivity index (χ3v) is 20.5. The number of fused-ring (bicyclic) bond motifs is 2. The molecule has 0 radical (unpaired) electrons. The summed E-state index contributed by atoms with van der Waals surface area (Å²) in [7, 11) is -5.09. The van der Waals surface area contributed by atoms with E-state index < -0.39 is 90.2 Å². The van der Waals surface area contributed by atoms with E-state index in [2.05, 4.69) is 20.8 Å². The summed E-state index contributed by atoms with van der Waals surface area (Å²) in [6.45, 7) is 10.1. The van der Waals surface area contributed by atoms with Gasteiger partial charge in [0.25, 0.3) is 8.32 Å². The van der Waals surface area contributed by atoms with Crippen LogP contribution in [-0.2, 0) is 6.04 Å². The van der Waals surface area contributed by atoms with E-state index in [4.69, 9.17) is 4.43 Å². The average molecular weight is 643 g/mol. The van der Waals surface area contributed by atoms with Gasteiger partial charge in [0.05, 0.1) is 24.2 Å². The average Bonchev–Trinajstić information content (AvgIpc) is 2.99. The zero-order valence-corrected chi connectivity index (χ0v) is 26.7. The van der Waals surface area contributed by atoms with E-state index >= 15 is 22.0 Å². The van der Waals surface area contributed by atoms with Crippen molar-refractivity contribution >= 4 is 37.9 Å². The van der Waals surface area contributed by atoms with Gasteiger partial charge in [-0.3, -0.25) is 0 Å². The lowest BCUT2D eigenvalue weighted by Gasteiger charge is -2.39. The summed E-state index contributed by atoms with van der Waals surface area (Å²) in [6.07, 6.45) is 0. The van der Waals surface area contributed by atoms with Crippen molar-refractivity contribution in [1.82, 2.24) is 0 Å². The normalized spacial score (nSPS) is 13.7. The van der Waals surface area contributed by atoms with Gasteiger partial charge in [-0.15, -0.1) is 0 Å². The number of rotatable bonds is 11. The van der Waals surface area contributed by atoms with Gasteiger partial charge in [0, 0.05) is 11.4 Å². The first-order chi connectivity index (χ1) is 20.3. The Morgan fingerprint density at radius 2 is 1.19 bits per heavy atom. The Labute approximate surface area is 248 Å². The lowest BCUT2D eigenvalue weighted by atomic mass is 9.99. The maximum atomic E-state index is 16.2. The van der Waals surface area contributed by atoms with Crippen molar-refractivity contribution in [2.24, 2.45) is 0 Å². The molecular formula is C32H34F8OSi2. The molecule has 0 saturated heterocycles. The smallest absolute Gasteiger partial charge is 0.258 e. The molecule has 1 nitrogen and oxygen atoms in total. The van der Waals surface area contributed by atoms with E-state index in [1.807, 2.05) is 44.2 Å². The molecule has 11 heteroatoms. The standard InChI is InChI=1S/C32H34F8OSi2/c1-6-42(7-2,8-3)14-15-43(18(4)5,17-19-12-10-9-11-13-19)41-32-30(39)24-23(29(38)31(32)40)25(34)20-16-21(33)26(35)28(37)22(20)27(24)36/h9-13,16,18H,6-8,14-15,17H2,1-5H3. The van der Waals surface area contributed by atoms with Crippen LogP contribution in [0.2, 0.25) is 35.8 Å². The van der Waals surface area contributed by atoms with E-state index in [0.29, 0.717) is 12.1 Å². The largest absolute Gasteiger partial charge is 0.539 e. The van der Waals surface area contributed by atoms with Crippen LogP contribution in [0.3, 0.4) is 0 Å². The maximum absolute atomic E-state index is 16.2. The molecule has 0 aromatic heterocycles. The molecule has 4 rings (SSSR count). The fraction of sp³-hybridized carbons (Fsp3) is 0.375. The fourth-order valence-corrected chi connectivity index (χ4v) is 15.5. The van der Waals surface area contributed by atoms with Gasteiger partial charge >= 0.3 is 0 Å². The molecule has 0 aliphatic heterocycles. The minimum atomic E-state index is -3.31. The molecule has 0 fully saturated rings. The van der Waals surface area contributed by atoms with Crippen LogP contribution in [-0.4, -0.2) is 16.4 Å². The van der Waals surface area contributed by atoms with Crippen LogP contribution >= 0.6 is 0 Å². The Morgan fingerprint density at radius 3 is 1.74 bits per heavy atom. The van der Waals surface area contributed by atoms with E-state index in [-0.39, 0.29) is 11.6 Å². The van der Waals surface area contributed by atoms with Gasteiger partial charge in [-0.05, 0) is 23.2 Å². The highest BCUT2D eigenvalue weighted by Gasteiger charge is 2.45. The van der Waals surface area contributed by atoms with E-state index in [1.165, 1.54) is 0 Å². The summed E-state index contributed by atoms with van der Waals surface area (Å²) in [4.78, 5) is 0. The van der Waals surface area contributed by atoms with Crippen LogP contribution in [0.25, 0.3) is 21.5 Å². The van der Waals surface area contributed by atoms with Gasteiger partial charge in [-0.1, -0.05) is 89.1 Å². The number of halogens is 8. The van der Waals surface area contributed by atoms with E-state index in [0.717, 1.165) is 29.7 Å². The Hall–Kier alpha value is -2.93. The first kappa shape index (κ1) is 33.0. The SMILES string of the molecule is CC[Si](CC)(CC)CC[Si](Cc1ccccc1)(Oc1c(F)c(F)c2c(F)c3cc(F)c(F)c(F)c3c(F)c2c1F)C(C)C. The highest BCUT2D eigenvalue weighted by Crippen LogP contribution is 2.44. The van der Waals surface area contributed by atoms with Crippen LogP contribution in [0.1, 0.15) is 40.2 Å². The van der Waals surface area contributed by atoms with Crippen LogP contribution in [0.4, 0.5) is 35.1 Å². The van der Waals surface area contributed by atoms with Gasteiger partial charge in [0.15, 0.2) is 34.8 Å². The zero-order valence-electron chi connectivity index (χ0n) is 24.7. The molecule has 4 aromatic carbocycles.